The van der Waals surface area contributed by atoms with Gasteiger partial charge in [0.05, 0.1) is 17.7 Å². The number of ether oxygens (including phenoxy) is 1. The largest absolute Gasteiger partial charge is 0.491 e. The van der Waals surface area contributed by atoms with Crippen LogP contribution in [0, 0.1) is 6.92 Å². The average Bonchev–Trinajstić information content (AvgIpc) is 3.26. The average molecular weight is 459 g/mol. The second-order valence-electron chi connectivity index (χ2n) is 7.36. The molecular weight excluding hydrogens is 432 g/mol. The molecule has 170 valence electrons. The summed E-state index contributed by atoms with van der Waals surface area (Å²) >= 11 is 0. The number of rotatable bonds is 10. The number of carbonyl (C=O) groups excluding carboxylic acids is 1. The van der Waals surface area contributed by atoms with Crippen LogP contribution in [0.2, 0.25) is 0 Å². The number of nitrogens with one attached hydrogen (secondary N) is 1. The van der Waals surface area contributed by atoms with Crippen LogP contribution in [-0.2, 0) is 21.4 Å². The minimum absolute atomic E-state index is 0.0221. The monoisotopic (exact) mass is 458 g/mol. The molecule has 2 aromatic carbocycles. The van der Waals surface area contributed by atoms with E-state index in [0.717, 1.165) is 5.56 Å². The summed E-state index contributed by atoms with van der Waals surface area (Å²) in [7, 11) is -3.87. The molecule has 9 heteroatoms. The van der Waals surface area contributed by atoms with Crippen LogP contribution >= 0.6 is 0 Å². The van der Waals surface area contributed by atoms with Crippen molar-refractivity contribution in [2.75, 3.05) is 18.5 Å². The fourth-order valence-corrected chi connectivity index (χ4v) is 4.44. The van der Waals surface area contributed by atoms with Crippen LogP contribution in [0.3, 0.4) is 0 Å². The Morgan fingerprint density at radius 1 is 1.12 bits per heavy atom. The van der Waals surface area contributed by atoms with E-state index in [0.29, 0.717) is 17.2 Å². The Morgan fingerprint density at radius 2 is 1.81 bits per heavy atom. The van der Waals surface area contributed by atoms with E-state index in [-0.39, 0.29) is 30.5 Å². The van der Waals surface area contributed by atoms with Crippen molar-refractivity contribution in [3.63, 3.8) is 0 Å². The molecule has 0 aliphatic rings. The van der Waals surface area contributed by atoms with E-state index < -0.39 is 16.1 Å². The lowest BCUT2D eigenvalue weighted by Crippen LogP contribution is -2.39. The molecule has 0 saturated carbocycles. The molecule has 1 unspecified atom stereocenters. The lowest BCUT2D eigenvalue weighted by molar-refractivity contribution is -0.114. The standard InChI is InChI=1S/C23H26N2O6S/c1-17-5-11-23(12-6-17)32(28,29)25(15-22-4-3-13-30-22)14-20(27)16-31-21-9-7-19(8-10-21)24-18(2)26/h3-13,20,27H,14-16H2,1-2H3,(H,24,26). The molecule has 1 aromatic heterocycles. The highest BCUT2D eigenvalue weighted by atomic mass is 32.2. The van der Waals surface area contributed by atoms with Gasteiger partial charge in [-0.1, -0.05) is 17.7 Å². The Kier molecular flexibility index (Phi) is 7.68. The van der Waals surface area contributed by atoms with Crippen LogP contribution in [0.25, 0.3) is 0 Å². The minimum Gasteiger partial charge on any atom is -0.491 e. The van der Waals surface area contributed by atoms with Crippen LogP contribution in [0.4, 0.5) is 5.69 Å². The third kappa shape index (κ3) is 6.43. The molecule has 3 rings (SSSR count). The van der Waals surface area contributed by atoms with E-state index >= 15 is 0 Å². The van der Waals surface area contributed by atoms with Gasteiger partial charge in [-0.15, -0.1) is 0 Å². The van der Waals surface area contributed by atoms with Crippen LogP contribution in [0.5, 0.6) is 5.75 Å². The van der Waals surface area contributed by atoms with Crippen LogP contribution in [0.15, 0.2) is 76.2 Å². The smallest absolute Gasteiger partial charge is 0.243 e. The molecule has 0 bridgehead atoms. The number of sulfonamides is 1. The van der Waals surface area contributed by atoms with Gasteiger partial charge in [0, 0.05) is 19.2 Å². The summed E-state index contributed by atoms with van der Waals surface area (Å²) in [6, 6.07) is 16.5. The Hall–Kier alpha value is -3.14. The first-order valence-corrected chi connectivity index (χ1v) is 11.5. The first kappa shape index (κ1) is 23.5. The summed E-state index contributed by atoms with van der Waals surface area (Å²) < 4.78 is 38.5. The number of hydrogen-bond acceptors (Lipinski definition) is 6. The van der Waals surface area contributed by atoms with Gasteiger partial charge in [0.1, 0.15) is 24.2 Å². The molecule has 0 aliphatic carbocycles. The fourth-order valence-electron chi connectivity index (χ4n) is 3.00. The van der Waals surface area contributed by atoms with E-state index in [2.05, 4.69) is 5.32 Å². The number of hydrogen-bond donors (Lipinski definition) is 2. The first-order valence-electron chi connectivity index (χ1n) is 10.0. The highest BCUT2D eigenvalue weighted by Crippen LogP contribution is 2.21. The van der Waals surface area contributed by atoms with Crippen molar-refractivity contribution in [1.82, 2.24) is 4.31 Å². The van der Waals surface area contributed by atoms with Gasteiger partial charge in [0.2, 0.25) is 15.9 Å². The van der Waals surface area contributed by atoms with Gasteiger partial charge in [-0.3, -0.25) is 4.79 Å². The Labute approximate surface area is 187 Å². The second kappa shape index (κ2) is 10.4. The predicted molar refractivity (Wildman–Crippen MR) is 120 cm³/mol. The Morgan fingerprint density at radius 3 is 2.41 bits per heavy atom. The second-order valence-corrected chi connectivity index (χ2v) is 9.30. The maximum absolute atomic E-state index is 13.2. The number of aryl methyl sites for hydroxylation is 1. The summed E-state index contributed by atoms with van der Waals surface area (Å²) in [5, 5.41) is 13.2. The molecular formula is C23H26N2O6S. The summed E-state index contributed by atoms with van der Waals surface area (Å²) in [6.07, 6.45) is 0.385. The number of aliphatic hydroxyl groups is 1. The third-order valence-electron chi connectivity index (χ3n) is 4.60. The van der Waals surface area contributed by atoms with Gasteiger partial charge < -0.3 is 19.6 Å². The minimum atomic E-state index is -3.87. The highest BCUT2D eigenvalue weighted by molar-refractivity contribution is 7.89. The summed E-state index contributed by atoms with van der Waals surface area (Å²) in [4.78, 5) is 11.2. The van der Waals surface area contributed by atoms with Crippen LogP contribution < -0.4 is 10.1 Å². The van der Waals surface area contributed by atoms with Crippen molar-refractivity contribution >= 4 is 21.6 Å². The van der Waals surface area contributed by atoms with Crippen LogP contribution in [0.1, 0.15) is 18.2 Å². The van der Waals surface area contributed by atoms with Gasteiger partial charge in [-0.05, 0) is 55.5 Å². The molecule has 1 atom stereocenters. The Balaban J connectivity index is 1.68. The molecule has 8 nitrogen and oxygen atoms in total. The SMILES string of the molecule is CC(=O)Nc1ccc(OCC(O)CN(Cc2ccco2)S(=O)(=O)c2ccc(C)cc2)cc1. The first-order chi connectivity index (χ1) is 15.2. The van der Waals surface area contributed by atoms with Crippen molar-refractivity contribution in [2.45, 2.75) is 31.4 Å². The zero-order valence-electron chi connectivity index (χ0n) is 17.9. The normalized spacial score (nSPS) is 12.5. The zero-order valence-corrected chi connectivity index (χ0v) is 18.7. The molecule has 0 radical (unpaired) electrons. The van der Waals surface area contributed by atoms with Crippen molar-refractivity contribution in [1.29, 1.82) is 0 Å². The van der Waals surface area contributed by atoms with Gasteiger partial charge in [-0.25, -0.2) is 8.42 Å². The molecule has 0 saturated heterocycles. The molecule has 2 N–H and O–H groups in total. The number of aliphatic hydroxyl groups excluding tert-OH is 1. The fraction of sp³-hybridized carbons (Fsp3) is 0.261. The highest BCUT2D eigenvalue weighted by Gasteiger charge is 2.28. The number of benzene rings is 2. The quantitative estimate of drug-likeness (QED) is 0.483. The van der Waals surface area contributed by atoms with Gasteiger partial charge >= 0.3 is 0 Å². The van der Waals surface area contributed by atoms with E-state index in [1.807, 2.05) is 6.92 Å². The maximum atomic E-state index is 13.2. The van der Waals surface area contributed by atoms with E-state index in [4.69, 9.17) is 9.15 Å². The maximum Gasteiger partial charge on any atom is 0.243 e. The van der Waals surface area contributed by atoms with Crippen molar-refractivity contribution in [3.05, 3.63) is 78.3 Å². The number of nitrogens with zero attached hydrogens (tertiary/aromatic N) is 1. The lowest BCUT2D eigenvalue weighted by Gasteiger charge is -2.24. The van der Waals surface area contributed by atoms with Gasteiger partial charge in [0.15, 0.2) is 0 Å². The summed E-state index contributed by atoms with van der Waals surface area (Å²) in [5.41, 5.74) is 1.57. The molecule has 1 amide bonds. The predicted octanol–water partition coefficient (Wildman–Crippen LogP) is 3.18. The van der Waals surface area contributed by atoms with Gasteiger partial charge in [-0.2, -0.15) is 4.31 Å². The zero-order chi connectivity index (χ0) is 23.1. The van der Waals surface area contributed by atoms with Crippen molar-refractivity contribution in [2.24, 2.45) is 0 Å². The molecule has 32 heavy (non-hydrogen) atoms. The lowest BCUT2D eigenvalue weighted by atomic mass is 10.2. The van der Waals surface area contributed by atoms with Crippen molar-refractivity contribution < 1.29 is 27.5 Å². The number of furan rings is 1. The summed E-state index contributed by atoms with van der Waals surface area (Å²) in [6.45, 7) is 2.98. The molecule has 1 heterocycles. The topological polar surface area (TPSA) is 109 Å². The van der Waals surface area contributed by atoms with E-state index in [1.54, 1.807) is 60.7 Å². The molecule has 0 aliphatic heterocycles. The molecule has 3 aromatic rings. The Bertz CT molecular complexity index is 1110. The molecule has 0 fully saturated rings. The number of amides is 1. The van der Waals surface area contributed by atoms with Crippen molar-refractivity contribution in [3.8, 4) is 5.75 Å². The van der Waals surface area contributed by atoms with Gasteiger partial charge in [0.25, 0.3) is 0 Å². The van der Waals surface area contributed by atoms with E-state index in [1.165, 1.54) is 17.5 Å². The molecule has 0 spiro atoms. The van der Waals surface area contributed by atoms with Crippen LogP contribution in [-0.4, -0.2) is 43.0 Å². The van der Waals surface area contributed by atoms with E-state index in [9.17, 15) is 18.3 Å². The summed E-state index contributed by atoms with van der Waals surface area (Å²) in [5.74, 6) is 0.764. The number of anilines is 1. The third-order valence-corrected chi connectivity index (χ3v) is 6.43. The number of carbonyl (C=O) groups is 1.